The van der Waals surface area contributed by atoms with E-state index in [1.54, 1.807) is 12.1 Å². The molecule has 0 saturated carbocycles. The minimum atomic E-state index is -0.362. The standard InChI is InChI=1S/C25H32N4O3/c1-17(2)10-11-26-25(30)22-15-19-14-21(29(31)32)8-9-23(19)28-13-12-27(16-24(22)28)20-6-4-18(3)5-7-20/h4-9,14,17,22,24H,10-13,15-16H2,1-3H3,(H,26,30)/t22-,24+/m1/s1. The normalized spacial score (nSPS) is 20.0. The Hall–Kier alpha value is -3.09. The zero-order valence-electron chi connectivity index (χ0n) is 19.1. The lowest BCUT2D eigenvalue weighted by molar-refractivity contribution is -0.384. The van der Waals surface area contributed by atoms with Crippen molar-refractivity contribution in [3.8, 4) is 0 Å². The Labute approximate surface area is 189 Å². The molecule has 0 aliphatic carbocycles. The number of benzene rings is 2. The number of rotatable bonds is 6. The molecule has 2 aromatic rings. The Morgan fingerprint density at radius 3 is 2.62 bits per heavy atom. The molecule has 4 rings (SSSR count). The van der Waals surface area contributed by atoms with Crippen molar-refractivity contribution in [2.24, 2.45) is 11.8 Å². The topological polar surface area (TPSA) is 78.7 Å². The summed E-state index contributed by atoms with van der Waals surface area (Å²) in [5.41, 5.74) is 4.39. The number of aryl methyl sites for hydroxylation is 1. The zero-order valence-corrected chi connectivity index (χ0v) is 19.1. The number of hydrogen-bond donors (Lipinski definition) is 1. The molecule has 0 aromatic heterocycles. The Bertz CT molecular complexity index is 989. The van der Waals surface area contributed by atoms with Gasteiger partial charge in [-0.2, -0.15) is 0 Å². The number of amides is 1. The molecule has 7 heteroatoms. The van der Waals surface area contributed by atoms with Gasteiger partial charge in [0, 0.05) is 49.7 Å². The first-order valence-corrected chi connectivity index (χ1v) is 11.5. The van der Waals surface area contributed by atoms with Crippen LogP contribution < -0.4 is 15.1 Å². The van der Waals surface area contributed by atoms with Gasteiger partial charge in [0.25, 0.3) is 5.69 Å². The van der Waals surface area contributed by atoms with Crippen LogP contribution in [0, 0.1) is 28.9 Å². The van der Waals surface area contributed by atoms with Gasteiger partial charge in [-0.3, -0.25) is 14.9 Å². The van der Waals surface area contributed by atoms with Crippen LogP contribution in [0.25, 0.3) is 0 Å². The highest BCUT2D eigenvalue weighted by Crippen LogP contribution is 2.38. The second-order valence-corrected chi connectivity index (χ2v) is 9.40. The number of carbonyl (C=O) groups excluding carboxylic acids is 1. The third kappa shape index (κ3) is 4.56. The number of anilines is 2. The zero-order chi connectivity index (χ0) is 22.8. The molecular weight excluding hydrogens is 404 g/mol. The van der Waals surface area contributed by atoms with Gasteiger partial charge in [0.05, 0.1) is 16.9 Å². The molecule has 0 bridgehead atoms. The van der Waals surface area contributed by atoms with Gasteiger partial charge in [-0.25, -0.2) is 0 Å². The summed E-state index contributed by atoms with van der Waals surface area (Å²) in [7, 11) is 0. The van der Waals surface area contributed by atoms with Crippen molar-refractivity contribution in [2.45, 2.75) is 39.7 Å². The number of nitro benzene ring substituents is 1. The lowest BCUT2D eigenvalue weighted by Crippen LogP contribution is -2.61. The number of piperazine rings is 1. The van der Waals surface area contributed by atoms with Crippen molar-refractivity contribution < 1.29 is 9.72 Å². The van der Waals surface area contributed by atoms with E-state index in [1.165, 1.54) is 11.3 Å². The monoisotopic (exact) mass is 436 g/mol. The number of carbonyl (C=O) groups is 1. The maximum Gasteiger partial charge on any atom is 0.269 e. The first-order valence-electron chi connectivity index (χ1n) is 11.5. The highest BCUT2D eigenvalue weighted by atomic mass is 16.6. The summed E-state index contributed by atoms with van der Waals surface area (Å²) < 4.78 is 0. The van der Waals surface area contributed by atoms with Crippen molar-refractivity contribution in [3.05, 3.63) is 63.7 Å². The van der Waals surface area contributed by atoms with Crippen LogP contribution in [0.4, 0.5) is 17.1 Å². The minimum Gasteiger partial charge on any atom is -0.368 e. The average molecular weight is 437 g/mol. The van der Waals surface area contributed by atoms with Crippen molar-refractivity contribution in [2.75, 3.05) is 36.0 Å². The summed E-state index contributed by atoms with van der Waals surface area (Å²) in [6.45, 7) is 9.40. The number of hydrogen-bond acceptors (Lipinski definition) is 5. The van der Waals surface area contributed by atoms with Crippen LogP contribution in [0.15, 0.2) is 42.5 Å². The molecule has 2 aliphatic rings. The molecule has 0 spiro atoms. The van der Waals surface area contributed by atoms with Crippen LogP contribution in [0.5, 0.6) is 0 Å². The second-order valence-electron chi connectivity index (χ2n) is 9.40. The quantitative estimate of drug-likeness (QED) is 0.548. The van der Waals surface area contributed by atoms with Gasteiger partial charge in [-0.1, -0.05) is 31.5 Å². The van der Waals surface area contributed by atoms with Gasteiger partial charge < -0.3 is 15.1 Å². The maximum atomic E-state index is 13.3. The fourth-order valence-corrected chi connectivity index (χ4v) is 4.83. The van der Waals surface area contributed by atoms with E-state index >= 15 is 0 Å². The van der Waals surface area contributed by atoms with E-state index in [4.69, 9.17) is 0 Å². The van der Waals surface area contributed by atoms with Gasteiger partial charge in [-0.05, 0) is 49.4 Å². The average Bonchev–Trinajstić information content (AvgIpc) is 2.77. The van der Waals surface area contributed by atoms with Crippen LogP contribution in [-0.4, -0.2) is 43.1 Å². The molecule has 0 unspecified atom stereocenters. The van der Waals surface area contributed by atoms with Gasteiger partial charge in [0.15, 0.2) is 0 Å². The number of nitrogens with one attached hydrogen (secondary N) is 1. The first kappa shape index (κ1) is 22.1. The van der Waals surface area contributed by atoms with Crippen molar-refractivity contribution in [3.63, 3.8) is 0 Å². The van der Waals surface area contributed by atoms with Crippen LogP contribution >= 0.6 is 0 Å². The molecule has 1 fully saturated rings. The van der Waals surface area contributed by atoms with E-state index < -0.39 is 0 Å². The summed E-state index contributed by atoms with van der Waals surface area (Å²) in [5.74, 6) is 0.321. The molecular formula is C25H32N4O3. The summed E-state index contributed by atoms with van der Waals surface area (Å²) in [5, 5.41) is 14.4. The smallest absolute Gasteiger partial charge is 0.269 e. The van der Waals surface area contributed by atoms with E-state index in [1.807, 2.05) is 6.07 Å². The molecule has 0 radical (unpaired) electrons. The van der Waals surface area contributed by atoms with Crippen LogP contribution in [0.3, 0.4) is 0 Å². The molecule has 2 atom stereocenters. The van der Waals surface area contributed by atoms with Crippen molar-refractivity contribution in [1.29, 1.82) is 0 Å². The maximum absolute atomic E-state index is 13.3. The van der Waals surface area contributed by atoms with Gasteiger partial charge >= 0.3 is 0 Å². The third-order valence-corrected chi connectivity index (χ3v) is 6.66. The molecule has 1 N–H and O–H groups in total. The predicted molar refractivity (Wildman–Crippen MR) is 127 cm³/mol. The van der Waals surface area contributed by atoms with Crippen LogP contribution in [0.1, 0.15) is 31.4 Å². The molecule has 170 valence electrons. The van der Waals surface area contributed by atoms with E-state index in [0.29, 0.717) is 18.9 Å². The summed E-state index contributed by atoms with van der Waals surface area (Å²) >= 11 is 0. The van der Waals surface area contributed by atoms with E-state index in [0.717, 1.165) is 37.3 Å². The highest BCUT2D eigenvalue weighted by molar-refractivity contribution is 5.82. The number of non-ortho nitro benzene ring substituents is 1. The Balaban J connectivity index is 1.62. The number of fused-ring (bicyclic) bond motifs is 3. The van der Waals surface area contributed by atoms with Gasteiger partial charge in [-0.15, -0.1) is 0 Å². The SMILES string of the molecule is Cc1ccc(N2CCN3c4ccc([N+](=O)[O-])cc4C[C@@H](C(=O)NCCC(C)C)[C@@H]3C2)cc1. The van der Waals surface area contributed by atoms with Gasteiger partial charge in [0.2, 0.25) is 5.91 Å². The predicted octanol–water partition coefficient (Wildman–Crippen LogP) is 3.93. The third-order valence-electron chi connectivity index (χ3n) is 6.66. The molecule has 7 nitrogen and oxygen atoms in total. The van der Waals surface area contributed by atoms with Crippen molar-refractivity contribution in [1.82, 2.24) is 5.32 Å². The fourth-order valence-electron chi connectivity index (χ4n) is 4.83. The minimum absolute atomic E-state index is 0.0260. The Kier molecular flexibility index (Phi) is 6.35. The van der Waals surface area contributed by atoms with E-state index in [2.05, 4.69) is 60.2 Å². The molecule has 2 heterocycles. The highest BCUT2D eigenvalue weighted by Gasteiger charge is 2.42. The lowest BCUT2D eigenvalue weighted by Gasteiger charge is -2.49. The molecule has 2 aliphatic heterocycles. The largest absolute Gasteiger partial charge is 0.368 e. The van der Waals surface area contributed by atoms with Crippen LogP contribution in [-0.2, 0) is 11.2 Å². The van der Waals surface area contributed by atoms with E-state index in [9.17, 15) is 14.9 Å². The summed E-state index contributed by atoms with van der Waals surface area (Å²) in [6, 6.07) is 13.6. The van der Waals surface area contributed by atoms with Crippen molar-refractivity contribution >= 4 is 23.0 Å². The molecule has 2 aromatic carbocycles. The summed E-state index contributed by atoms with van der Waals surface area (Å²) in [6.07, 6.45) is 1.46. The number of nitrogens with zero attached hydrogens (tertiary/aromatic N) is 3. The molecule has 1 saturated heterocycles. The molecule has 32 heavy (non-hydrogen) atoms. The fraction of sp³-hybridized carbons (Fsp3) is 0.480. The number of nitro groups is 1. The van der Waals surface area contributed by atoms with Gasteiger partial charge in [0.1, 0.15) is 0 Å². The molecule has 1 amide bonds. The second kappa shape index (κ2) is 9.18. The Morgan fingerprint density at radius 1 is 1.19 bits per heavy atom. The first-order chi connectivity index (χ1) is 15.3. The lowest BCUT2D eigenvalue weighted by atomic mass is 9.83. The van der Waals surface area contributed by atoms with E-state index in [-0.39, 0.29) is 28.5 Å². The summed E-state index contributed by atoms with van der Waals surface area (Å²) in [4.78, 5) is 28.9. The Morgan fingerprint density at radius 2 is 1.94 bits per heavy atom. The van der Waals surface area contributed by atoms with Crippen LogP contribution in [0.2, 0.25) is 0 Å².